The first-order valence-electron chi connectivity index (χ1n) is 10.4. The molecule has 0 amide bonds. The van der Waals surface area contributed by atoms with Gasteiger partial charge in [-0.2, -0.15) is 0 Å². The van der Waals surface area contributed by atoms with Crippen molar-refractivity contribution in [2.45, 2.75) is 83.5 Å². The Morgan fingerprint density at radius 1 is 0.792 bits per heavy atom. The van der Waals surface area contributed by atoms with E-state index >= 15 is 0 Å². The molecular weight excluding hydrogens is 300 g/mol. The molecule has 136 valence electrons. The van der Waals surface area contributed by atoms with Crippen molar-refractivity contribution in [3.05, 3.63) is 0 Å². The molecule has 0 aromatic heterocycles. The average Bonchev–Trinajstić information content (AvgIpc) is 3.14. The molecule has 0 aromatic carbocycles. The average molecular weight is 335 g/mol. The number of aliphatic hydroxyl groups is 1. The topological polar surface area (TPSA) is 38.7 Å². The van der Waals surface area contributed by atoms with Crippen LogP contribution >= 0.6 is 0 Å². The van der Waals surface area contributed by atoms with Gasteiger partial charge in [0.2, 0.25) is 0 Å². The molecule has 0 unspecified atom stereocenters. The molecule has 0 aromatic rings. The maximum Gasteiger partial charge on any atom is 0.168 e. The number of ether oxygens (including phenoxy) is 2. The van der Waals surface area contributed by atoms with Gasteiger partial charge >= 0.3 is 0 Å². The minimum Gasteiger partial charge on any atom is -0.393 e. The molecule has 0 bridgehead atoms. The fourth-order valence-corrected chi connectivity index (χ4v) is 7.93. The van der Waals surface area contributed by atoms with E-state index in [2.05, 4.69) is 13.8 Å². The summed E-state index contributed by atoms with van der Waals surface area (Å²) in [6, 6.07) is 0. The van der Waals surface area contributed by atoms with E-state index in [1.54, 1.807) is 0 Å². The zero-order valence-corrected chi connectivity index (χ0v) is 15.4. The summed E-state index contributed by atoms with van der Waals surface area (Å²) in [6.07, 6.45) is 11.0. The second kappa shape index (κ2) is 5.20. The Labute approximate surface area is 146 Å². The van der Waals surface area contributed by atoms with Gasteiger partial charge in [0.15, 0.2) is 5.79 Å². The van der Waals surface area contributed by atoms with E-state index < -0.39 is 0 Å². The van der Waals surface area contributed by atoms with Crippen LogP contribution in [0.3, 0.4) is 0 Å². The minimum atomic E-state index is -0.232. The Morgan fingerprint density at radius 2 is 1.54 bits per heavy atom. The van der Waals surface area contributed by atoms with E-state index in [9.17, 15) is 5.11 Å². The Morgan fingerprint density at radius 3 is 2.33 bits per heavy atom. The first-order chi connectivity index (χ1) is 11.5. The number of aliphatic hydroxyl groups excluding tert-OH is 1. The highest BCUT2D eigenvalue weighted by atomic mass is 16.7. The summed E-state index contributed by atoms with van der Waals surface area (Å²) in [6.45, 7) is 6.54. The van der Waals surface area contributed by atoms with Crippen molar-refractivity contribution in [1.29, 1.82) is 0 Å². The first-order valence-corrected chi connectivity index (χ1v) is 10.4. The molecule has 1 heterocycles. The summed E-state index contributed by atoms with van der Waals surface area (Å²) in [4.78, 5) is 0. The van der Waals surface area contributed by atoms with Crippen molar-refractivity contribution in [2.75, 3.05) is 13.2 Å². The van der Waals surface area contributed by atoms with E-state index in [1.165, 1.54) is 38.5 Å². The van der Waals surface area contributed by atoms with E-state index in [0.717, 1.165) is 56.1 Å². The normalized spacial score (nSPS) is 55.9. The van der Waals surface area contributed by atoms with Gasteiger partial charge in [-0.1, -0.05) is 13.8 Å². The summed E-state index contributed by atoms with van der Waals surface area (Å²) in [5, 5.41) is 10.6. The van der Waals surface area contributed by atoms with Crippen LogP contribution in [-0.2, 0) is 9.47 Å². The van der Waals surface area contributed by atoms with Crippen LogP contribution in [0.5, 0.6) is 0 Å². The first kappa shape index (κ1) is 16.1. The van der Waals surface area contributed by atoms with E-state index in [-0.39, 0.29) is 17.3 Å². The van der Waals surface area contributed by atoms with Crippen molar-refractivity contribution < 1.29 is 14.6 Å². The third kappa shape index (κ3) is 2.01. The van der Waals surface area contributed by atoms with Crippen molar-refractivity contribution in [2.24, 2.45) is 34.5 Å². The van der Waals surface area contributed by atoms with Gasteiger partial charge in [-0.25, -0.2) is 0 Å². The highest BCUT2D eigenvalue weighted by Crippen LogP contribution is 2.67. The van der Waals surface area contributed by atoms with Gasteiger partial charge < -0.3 is 14.6 Å². The number of rotatable bonds is 0. The summed E-state index contributed by atoms with van der Waals surface area (Å²) in [7, 11) is 0. The van der Waals surface area contributed by atoms with Crippen molar-refractivity contribution in [3.63, 3.8) is 0 Å². The summed E-state index contributed by atoms with van der Waals surface area (Å²) < 4.78 is 12.1. The fourth-order valence-electron chi connectivity index (χ4n) is 7.93. The molecule has 7 atom stereocenters. The molecule has 3 nitrogen and oxygen atoms in total. The predicted octanol–water partition coefficient (Wildman–Crippen LogP) is 4.13. The van der Waals surface area contributed by atoms with Crippen molar-refractivity contribution in [1.82, 2.24) is 0 Å². The highest BCUT2D eigenvalue weighted by Gasteiger charge is 2.61. The molecule has 5 fully saturated rings. The second-order valence-electron chi connectivity index (χ2n) is 10.1. The van der Waals surface area contributed by atoms with Gasteiger partial charge in [0.05, 0.1) is 19.3 Å². The van der Waals surface area contributed by atoms with Crippen LogP contribution in [0.25, 0.3) is 0 Å². The summed E-state index contributed by atoms with van der Waals surface area (Å²) >= 11 is 0. The van der Waals surface area contributed by atoms with Gasteiger partial charge in [-0.15, -0.1) is 0 Å². The lowest BCUT2D eigenvalue weighted by atomic mass is 9.45. The predicted molar refractivity (Wildman–Crippen MR) is 92.4 cm³/mol. The molecule has 4 aliphatic carbocycles. The number of hydrogen-bond donors (Lipinski definition) is 1. The largest absolute Gasteiger partial charge is 0.393 e. The summed E-state index contributed by atoms with van der Waals surface area (Å²) in [5.74, 6) is 3.00. The Hall–Kier alpha value is -0.120. The van der Waals surface area contributed by atoms with Gasteiger partial charge in [-0.3, -0.25) is 0 Å². The maximum absolute atomic E-state index is 10.6. The molecule has 5 rings (SSSR count). The van der Waals surface area contributed by atoms with Crippen molar-refractivity contribution >= 4 is 0 Å². The molecule has 0 radical (unpaired) electrons. The zero-order chi connectivity index (χ0) is 16.6. The standard InChI is InChI=1S/C21H34O3/c1-19-9-10-21(23-11-12-24-21)13-14(19)3-4-15-16-5-6-18(22)20(16,2)8-7-17(15)19/h14-18,22H,3-13H2,1-2H3/t14-,15+,16-,17+,18-,19-,20-/m0/s1. The monoisotopic (exact) mass is 334 g/mol. The van der Waals surface area contributed by atoms with Crippen LogP contribution in [0.1, 0.15) is 71.6 Å². The Kier molecular flexibility index (Phi) is 3.49. The Bertz CT molecular complexity index is 513. The second-order valence-corrected chi connectivity index (χ2v) is 10.1. The van der Waals surface area contributed by atoms with E-state index in [0.29, 0.717) is 5.41 Å². The van der Waals surface area contributed by atoms with Gasteiger partial charge in [0.1, 0.15) is 0 Å². The third-order valence-corrected chi connectivity index (χ3v) is 9.43. The van der Waals surface area contributed by atoms with E-state index in [1.807, 2.05) is 0 Å². The van der Waals surface area contributed by atoms with Crippen LogP contribution in [0.4, 0.5) is 0 Å². The SMILES string of the molecule is C[C@]12CCC3(C[C@@H]1CC[C@H]1[C@H]2CC[C@]2(C)[C@@H](O)CC[C@@H]12)OCCO3. The molecular formula is C21H34O3. The van der Waals surface area contributed by atoms with Crippen molar-refractivity contribution in [3.8, 4) is 0 Å². The quantitative estimate of drug-likeness (QED) is 0.724. The summed E-state index contributed by atoms with van der Waals surface area (Å²) in [5.41, 5.74) is 0.677. The number of hydrogen-bond acceptors (Lipinski definition) is 3. The van der Waals surface area contributed by atoms with Gasteiger partial charge in [0.25, 0.3) is 0 Å². The van der Waals surface area contributed by atoms with Crippen LogP contribution in [0.15, 0.2) is 0 Å². The van der Waals surface area contributed by atoms with Crippen LogP contribution < -0.4 is 0 Å². The lowest BCUT2D eigenvalue weighted by Crippen LogP contribution is -2.56. The molecule has 24 heavy (non-hydrogen) atoms. The molecule has 1 spiro atoms. The van der Waals surface area contributed by atoms with Gasteiger partial charge in [-0.05, 0) is 79.4 Å². The zero-order valence-electron chi connectivity index (χ0n) is 15.4. The Balaban J connectivity index is 1.41. The highest BCUT2D eigenvalue weighted by molar-refractivity contribution is 5.10. The maximum atomic E-state index is 10.6. The van der Waals surface area contributed by atoms with Gasteiger partial charge in [0, 0.05) is 12.8 Å². The number of fused-ring (bicyclic) bond motifs is 5. The molecule has 4 saturated carbocycles. The molecule has 5 aliphatic rings. The van der Waals surface area contributed by atoms with E-state index in [4.69, 9.17) is 9.47 Å². The lowest BCUT2D eigenvalue weighted by molar-refractivity contribution is -0.230. The van der Waals surface area contributed by atoms with Crippen LogP contribution in [0.2, 0.25) is 0 Å². The molecule has 1 N–H and O–H groups in total. The van der Waals surface area contributed by atoms with Crippen LogP contribution in [-0.4, -0.2) is 30.2 Å². The smallest absolute Gasteiger partial charge is 0.168 e. The molecule has 1 aliphatic heterocycles. The van der Waals surface area contributed by atoms with Crippen LogP contribution in [0, 0.1) is 34.5 Å². The lowest BCUT2D eigenvalue weighted by Gasteiger charge is -2.61. The molecule has 1 saturated heterocycles. The third-order valence-electron chi connectivity index (χ3n) is 9.43. The fraction of sp³-hybridized carbons (Fsp3) is 1.00. The molecule has 3 heteroatoms. The minimum absolute atomic E-state index is 0.0520.